The molecule has 2 aromatic rings. The van der Waals surface area contributed by atoms with Gasteiger partial charge in [0.25, 0.3) is 0 Å². The van der Waals surface area contributed by atoms with Gasteiger partial charge in [-0.05, 0) is 62.5 Å². The van der Waals surface area contributed by atoms with Crippen molar-refractivity contribution in [2.45, 2.75) is 172 Å². The molecular formula is C51H76N12O17. The first-order valence-electron chi connectivity index (χ1n) is 26.2. The van der Waals surface area contributed by atoms with E-state index in [0.29, 0.717) is 16.5 Å². The standard InChI is InChI=1S/C51H76N12O17/c1-6-24(3)40(61-49(77)41(25(4)7-2)60-45(73)31(15-18-37(54)66)56-43(71)29(52)14-17-36(53)65)48(76)57-32(16-19-38(67)68)44(72)59-34(22-39(69)70)50(78)63-20-10-13-35(63)47(75)58-33(46(74)62-42(26(5)64)51(79)80)21-27-23-55-30-12-9-8-11-28(27)30/h8-9,11-12,23-26,29,31-35,40-42,55,64H,6-7,10,13-22,52H2,1-5H3,(H2,53,65)(H2,54,66)(H,56,71)(H,57,76)(H,58,75)(H,59,72)(H,60,73)(H,61,77)(H,62,74)(H,67,68)(H,69,70)(H,79,80)/t24-,25-,26+,29-,31-,32-,33-,34-,35-,40-,41-,42-/m0/s1. The van der Waals surface area contributed by atoms with Crippen LogP contribution < -0.4 is 54.4 Å². The summed E-state index contributed by atoms with van der Waals surface area (Å²) in [7, 11) is 0. The van der Waals surface area contributed by atoms with Crippen molar-refractivity contribution in [2.24, 2.45) is 29.0 Å². The summed E-state index contributed by atoms with van der Waals surface area (Å²) in [6, 6.07) is -7.03. The molecule has 10 amide bonds. The van der Waals surface area contributed by atoms with Gasteiger partial charge >= 0.3 is 17.9 Å². The Labute approximate surface area is 460 Å². The predicted octanol–water partition coefficient (Wildman–Crippen LogP) is -3.15. The first kappa shape index (κ1) is 66.1. The number of rotatable bonds is 34. The van der Waals surface area contributed by atoms with Crippen LogP contribution in [0.4, 0.5) is 0 Å². The maximum atomic E-state index is 14.3. The molecule has 0 unspecified atom stereocenters. The van der Waals surface area contributed by atoms with Crippen LogP contribution in [0.3, 0.4) is 0 Å². The number of aliphatic carboxylic acids is 3. The van der Waals surface area contributed by atoms with Crippen molar-refractivity contribution in [3.05, 3.63) is 36.0 Å². The highest BCUT2D eigenvalue weighted by Crippen LogP contribution is 2.23. The molecule has 0 aliphatic carbocycles. The van der Waals surface area contributed by atoms with Gasteiger partial charge in [-0.15, -0.1) is 0 Å². The quantitative estimate of drug-likeness (QED) is 0.0329. The lowest BCUT2D eigenvalue weighted by atomic mass is 9.94. The van der Waals surface area contributed by atoms with Gasteiger partial charge in [0.1, 0.15) is 42.3 Å². The third-order valence-electron chi connectivity index (χ3n) is 13.8. The number of nitrogens with two attached hydrogens (primary N) is 3. The number of nitrogens with one attached hydrogen (secondary N) is 8. The number of hydrogen-bond acceptors (Lipinski definition) is 15. The van der Waals surface area contributed by atoms with Crippen molar-refractivity contribution in [3.63, 3.8) is 0 Å². The van der Waals surface area contributed by atoms with Crippen LogP contribution in [-0.2, 0) is 68.7 Å². The second-order valence-corrected chi connectivity index (χ2v) is 20.0. The minimum Gasteiger partial charge on any atom is -0.481 e. The molecule has 29 heteroatoms. The molecule has 0 radical (unpaired) electrons. The number of carboxylic acids is 3. The zero-order valence-corrected chi connectivity index (χ0v) is 45.3. The molecule has 29 nitrogen and oxygen atoms in total. The van der Waals surface area contributed by atoms with Crippen LogP contribution in [0.2, 0.25) is 0 Å². The normalized spacial score (nSPS) is 17.2. The zero-order valence-electron chi connectivity index (χ0n) is 45.3. The molecule has 1 aliphatic heterocycles. The van der Waals surface area contributed by atoms with Crippen LogP contribution in [-0.4, -0.2) is 174 Å². The highest BCUT2D eigenvalue weighted by atomic mass is 16.4. The summed E-state index contributed by atoms with van der Waals surface area (Å²) in [6.45, 7) is 7.51. The number of H-pyrrole nitrogens is 1. The lowest BCUT2D eigenvalue weighted by Gasteiger charge is -2.32. The number of para-hydroxylation sites is 1. The van der Waals surface area contributed by atoms with Crippen molar-refractivity contribution in [3.8, 4) is 0 Å². The summed E-state index contributed by atoms with van der Waals surface area (Å²) in [5.74, 6) is -15.5. The highest BCUT2D eigenvalue weighted by Gasteiger charge is 2.42. The van der Waals surface area contributed by atoms with E-state index in [1.807, 2.05) is 0 Å². The number of primary amides is 2. The Hall–Kier alpha value is -8.21. The van der Waals surface area contributed by atoms with Crippen LogP contribution in [0, 0.1) is 11.8 Å². The molecule has 18 N–H and O–H groups in total. The minimum atomic E-state index is -1.93. The van der Waals surface area contributed by atoms with Crippen LogP contribution in [0.1, 0.15) is 111 Å². The van der Waals surface area contributed by atoms with Gasteiger partial charge in [-0.3, -0.25) is 57.5 Å². The Bertz CT molecular complexity index is 2590. The molecule has 12 atom stereocenters. The summed E-state index contributed by atoms with van der Waals surface area (Å²) in [6.07, 6.45) is -3.08. The number of fused-ring (bicyclic) bond motifs is 1. The number of carboxylic acid groups (broad SMARTS) is 3. The van der Waals surface area contributed by atoms with Crippen molar-refractivity contribution in [1.82, 2.24) is 47.1 Å². The molecule has 80 heavy (non-hydrogen) atoms. The van der Waals surface area contributed by atoms with Crippen molar-refractivity contribution in [1.29, 1.82) is 0 Å². The molecular weight excluding hydrogens is 1050 g/mol. The fourth-order valence-electron chi connectivity index (χ4n) is 8.75. The van der Waals surface area contributed by atoms with E-state index in [9.17, 15) is 82.8 Å². The highest BCUT2D eigenvalue weighted by molar-refractivity contribution is 5.99. The van der Waals surface area contributed by atoms with E-state index >= 15 is 0 Å². The van der Waals surface area contributed by atoms with E-state index in [0.717, 1.165) is 11.8 Å². The van der Waals surface area contributed by atoms with Gasteiger partial charge in [0.05, 0.1) is 18.6 Å². The fraction of sp³-hybridized carbons (Fsp3) is 0.588. The molecule has 1 aromatic carbocycles. The van der Waals surface area contributed by atoms with E-state index in [1.54, 1.807) is 58.2 Å². The second kappa shape index (κ2) is 31.4. The lowest BCUT2D eigenvalue weighted by molar-refractivity contribution is -0.146. The smallest absolute Gasteiger partial charge is 0.328 e. The van der Waals surface area contributed by atoms with Crippen molar-refractivity contribution >= 4 is 87.9 Å². The summed E-state index contributed by atoms with van der Waals surface area (Å²) < 4.78 is 0. The van der Waals surface area contributed by atoms with Crippen LogP contribution in [0.15, 0.2) is 30.5 Å². The number of nitrogens with zero attached hydrogens (tertiary/aromatic N) is 1. The first-order valence-corrected chi connectivity index (χ1v) is 26.2. The number of hydrogen-bond donors (Lipinski definition) is 15. The minimum absolute atomic E-state index is 0.0133. The number of likely N-dealkylation sites (tertiary alicyclic amines) is 1. The van der Waals surface area contributed by atoms with Gasteiger partial charge in [-0.25, -0.2) is 4.79 Å². The SMILES string of the molecule is CC[C@H](C)[C@H](NC(=O)[C@H](CCC(N)=O)NC(=O)[C@@H](N)CCC(N)=O)C(=O)N[C@H](C(=O)N[C@@H](CCC(=O)O)C(=O)N[C@@H](CC(=O)O)C(=O)N1CCC[C@H]1C(=O)N[C@@H](Cc1c[nH]c2ccccc12)C(=O)N[C@H](C(=O)O)[C@@H](C)O)[C@@H](C)CC. The Morgan fingerprint density at radius 1 is 0.625 bits per heavy atom. The van der Waals surface area contributed by atoms with Crippen LogP contribution in [0.25, 0.3) is 10.9 Å². The Balaban J connectivity index is 1.90. The Kier molecular flexibility index (Phi) is 25.9. The number of aliphatic hydroxyl groups is 1. The largest absolute Gasteiger partial charge is 0.481 e. The third-order valence-corrected chi connectivity index (χ3v) is 13.8. The summed E-state index contributed by atoms with van der Waals surface area (Å²) in [5, 5.41) is 57.1. The van der Waals surface area contributed by atoms with Crippen LogP contribution in [0.5, 0.6) is 0 Å². The van der Waals surface area contributed by atoms with Crippen LogP contribution >= 0.6 is 0 Å². The van der Waals surface area contributed by atoms with E-state index in [2.05, 4.69) is 42.2 Å². The van der Waals surface area contributed by atoms with Crippen molar-refractivity contribution in [2.75, 3.05) is 6.54 Å². The predicted molar refractivity (Wildman–Crippen MR) is 282 cm³/mol. The molecule has 0 spiro atoms. The molecule has 1 fully saturated rings. The Morgan fingerprint density at radius 3 is 1.68 bits per heavy atom. The molecule has 1 aliphatic rings. The average Bonchev–Trinajstić information content (AvgIpc) is 4.06. The van der Waals surface area contributed by atoms with Gasteiger partial charge in [0.15, 0.2) is 6.04 Å². The molecule has 2 heterocycles. The average molecular weight is 1130 g/mol. The fourth-order valence-corrected chi connectivity index (χ4v) is 8.75. The number of aromatic amines is 1. The number of aliphatic hydroxyl groups excluding tert-OH is 1. The zero-order chi connectivity index (χ0) is 60.1. The van der Waals surface area contributed by atoms with E-state index in [-0.39, 0.29) is 64.3 Å². The number of benzene rings is 1. The summed E-state index contributed by atoms with van der Waals surface area (Å²) in [5.41, 5.74) is 17.6. The lowest BCUT2D eigenvalue weighted by Crippen LogP contribution is -2.62. The second-order valence-electron chi connectivity index (χ2n) is 20.0. The Morgan fingerprint density at radius 2 is 1.12 bits per heavy atom. The maximum absolute atomic E-state index is 14.3. The van der Waals surface area contributed by atoms with Gasteiger partial charge in [-0.2, -0.15) is 0 Å². The van der Waals surface area contributed by atoms with E-state index < -0.39 is 169 Å². The van der Waals surface area contributed by atoms with Gasteiger partial charge in [0.2, 0.25) is 59.1 Å². The molecule has 0 bridgehead atoms. The third kappa shape index (κ3) is 19.9. The number of carbonyl (C=O) groups is 13. The van der Waals surface area contributed by atoms with Gasteiger partial charge in [-0.1, -0.05) is 58.7 Å². The number of aromatic nitrogens is 1. The monoisotopic (exact) mass is 1130 g/mol. The summed E-state index contributed by atoms with van der Waals surface area (Å²) in [4.78, 5) is 175. The molecule has 1 saturated heterocycles. The molecule has 3 rings (SSSR count). The van der Waals surface area contributed by atoms with E-state index in [1.165, 1.54) is 0 Å². The summed E-state index contributed by atoms with van der Waals surface area (Å²) >= 11 is 0. The molecule has 0 saturated carbocycles. The molecule has 442 valence electrons. The van der Waals surface area contributed by atoms with Crippen molar-refractivity contribution < 1.29 is 82.8 Å². The topological polar surface area (TPSA) is 484 Å². The first-order chi connectivity index (χ1) is 37.6. The number of carbonyl (C=O) groups excluding carboxylic acids is 10. The van der Waals surface area contributed by atoms with Gasteiger partial charge in [0, 0.05) is 49.3 Å². The van der Waals surface area contributed by atoms with Gasteiger partial charge < -0.3 is 84.7 Å². The van der Waals surface area contributed by atoms with E-state index in [4.69, 9.17) is 17.2 Å². The molecule has 1 aromatic heterocycles. The maximum Gasteiger partial charge on any atom is 0.328 e. The number of amides is 10.